The molecule has 8 N–H and O–H groups in total. The van der Waals surface area contributed by atoms with Gasteiger partial charge in [-0.2, -0.15) is 0 Å². The van der Waals surface area contributed by atoms with Gasteiger partial charge in [-0.15, -0.1) is 0 Å². The van der Waals surface area contributed by atoms with E-state index in [0.29, 0.717) is 51.3 Å². The quantitative estimate of drug-likeness (QED) is 0.0343. The summed E-state index contributed by atoms with van der Waals surface area (Å²) in [7, 11) is 0. The molecular formula is C118H84BrNO10. The van der Waals surface area contributed by atoms with Crippen molar-refractivity contribution in [3.63, 3.8) is 0 Å². The number of fused-ring (bicyclic) bond motifs is 11. The maximum absolute atomic E-state index is 11.9. The lowest BCUT2D eigenvalue weighted by Crippen LogP contribution is -2.02. The molecule has 0 saturated carbocycles. The highest BCUT2D eigenvalue weighted by Gasteiger charge is 2.14. The smallest absolute Gasteiger partial charge is 0.344 e. The first-order valence-electron chi connectivity index (χ1n) is 41.9. The molecule has 0 fully saturated rings. The average Bonchev–Trinajstić information content (AvgIpc) is 0.775. The molecule has 23 aromatic rings. The molecule has 0 atom stereocenters. The monoisotopic (exact) mass is 1750 g/mol. The molecule has 0 spiro atoms. The zero-order valence-corrected chi connectivity index (χ0v) is 71.7. The molecule has 1 aromatic heterocycles. The molecule has 0 saturated heterocycles. The zero-order valence-electron chi connectivity index (χ0n) is 70.1. The number of hydrogen-bond donors (Lipinski definition) is 8. The van der Waals surface area contributed by atoms with E-state index in [1.54, 1.807) is 91.0 Å². The normalized spacial score (nSPS) is 10.7. The lowest BCUT2D eigenvalue weighted by Gasteiger charge is -2.11. The van der Waals surface area contributed by atoms with Gasteiger partial charge < -0.3 is 45.3 Å². The molecule has 0 unspecified atom stereocenters. The Kier molecular flexibility index (Phi) is 26.9. The number of halogens is 1. The van der Waals surface area contributed by atoms with Gasteiger partial charge in [0.1, 0.15) is 51.6 Å². The molecule has 0 aliphatic heterocycles. The van der Waals surface area contributed by atoms with Crippen LogP contribution in [-0.2, 0) is 0 Å². The van der Waals surface area contributed by atoms with Crippen LogP contribution in [0.3, 0.4) is 0 Å². The van der Waals surface area contributed by atoms with Crippen molar-refractivity contribution in [2.75, 3.05) is 0 Å². The number of hydrogen-bond acceptors (Lipinski definition) is 10. The van der Waals surface area contributed by atoms with E-state index in [4.69, 9.17) is 31.4 Å². The molecule has 0 radical (unpaired) electrons. The lowest BCUT2D eigenvalue weighted by atomic mass is 9.94. The minimum absolute atomic E-state index is 0.0816. The van der Waals surface area contributed by atoms with Crippen molar-refractivity contribution < 1.29 is 45.3 Å². The van der Waals surface area contributed by atoms with Gasteiger partial charge in [-0.1, -0.05) is 368 Å². The van der Waals surface area contributed by atoms with Crippen LogP contribution in [0.15, 0.2) is 463 Å². The van der Waals surface area contributed by atoms with E-state index in [1.165, 1.54) is 81.8 Å². The van der Waals surface area contributed by atoms with Gasteiger partial charge in [0.15, 0.2) is 5.69 Å². The van der Waals surface area contributed by atoms with Crippen LogP contribution in [0.5, 0.6) is 46.0 Å². The molecule has 130 heavy (non-hydrogen) atoms. The molecule has 0 aliphatic carbocycles. The second kappa shape index (κ2) is 40.6. The predicted octanol–water partition coefficient (Wildman–Crippen LogP) is 31.2. The number of phenolic OH excluding ortho intramolecular Hbond substituents is 8. The van der Waals surface area contributed by atoms with E-state index in [1.807, 2.05) is 237 Å². The molecule has 1 heterocycles. The molecule has 23 rings (SSSR count). The number of benzene rings is 22. The van der Waals surface area contributed by atoms with Crippen LogP contribution in [0.1, 0.15) is 11.1 Å². The van der Waals surface area contributed by atoms with Crippen LogP contribution in [0.4, 0.5) is 5.69 Å². The summed E-state index contributed by atoms with van der Waals surface area (Å²) in [5, 5.41) is 97.4. The van der Waals surface area contributed by atoms with E-state index in [2.05, 4.69) is 148 Å². The fourth-order valence-corrected chi connectivity index (χ4v) is 15.9. The van der Waals surface area contributed by atoms with Crippen molar-refractivity contribution in [3.05, 3.63) is 486 Å². The van der Waals surface area contributed by atoms with Crippen LogP contribution in [0.2, 0.25) is 0 Å². The molecule has 11 nitrogen and oxygen atoms in total. The number of phenols is 8. The molecule has 628 valence electrons. The first-order chi connectivity index (χ1) is 63.5. The van der Waals surface area contributed by atoms with Gasteiger partial charge in [0.25, 0.3) is 0 Å². The third kappa shape index (κ3) is 20.9. The van der Waals surface area contributed by atoms with Crippen molar-refractivity contribution in [3.8, 4) is 90.5 Å². The second-order valence-corrected chi connectivity index (χ2v) is 31.6. The van der Waals surface area contributed by atoms with E-state index in [0.717, 1.165) is 81.1 Å². The van der Waals surface area contributed by atoms with E-state index >= 15 is 0 Å². The van der Waals surface area contributed by atoms with E-state index in [-0.39, 0.29) is 11.5 Å². The summed E-state index contributed by atoms with van der Waals surface area (Å²) in [6.45, 7) is 6.84. The molecule has 0 amide bonds. The van der Waals surface area contributed by atoms with Crippen LogP contribution in [0, 0.1) is 6.57 Å². The van der Waals surface area contributed by atoms with E-state index in [9.17, 15) is 25.2 Å². The summed E-state index contributed by atoms with van der Waals surface area (Å²) >= 11 is 3.39. The van der Waals surface area contributed by atoms with Crippen LogP contribution >= 0.6 is 15.9 Å². The minimum atomic E-state index is -0.403. The molecular weight excluding hydrogens is 1670 g/mol. The van der Waals surface area contributed by atoms with Crippen molar-refractivity contribution in [1.29, 1.82) is 0 Å². The highest BCUT2D eigenvalue weighted by atomic mass is 79.9. The number of aromatic hydroxyl groups is 8. The summed E-state index contributed by atoms with van der Waals surface area (Å²) in [4.78, 5) is 15.2. The summed E-state index contributed by atoms with van der Waals surface area (Å²) in [6.07, 6.45) is 4.07. The maximum atomic E-state index is 11.9. The molecule has 12 heteroatoms. The topological polar surface area (TPSA) is 196 Å². The highest BCUT2D eigenvalue weighted by Crippen LogP contribution is 2.41. The van der Waals surface area contributed by atoms with Gasteiger partial charge in [-0.3, -0.25) is 0 Å². The third-order valence-electron chi connectivity index (χ3n) is 22.1. The fraction of sp³-hybridized carbons (Fsp3) is 0. The van der Waals surface area contributed by atoms with Crippen molar-refractivity contribution in [2.24, 2.45) is 0 Å². The Morgan fingerprint density at radius 2 is 0.600 bits per heavy atom. The standard InChI is InChI=1S/2C18H12O.C16H10O.C15H10O3.C14H12O.C13H9NO.C12H9BrO.C12H10O/c19-18-11-17-13-6-2-1-5-12(13)9-10-15(17)14-7-3-4-8-16(14)18;19-15-10-9-13-6-8-14-7-5-12-3-1-2-4-16(12)18(14)17(13)11-15;17-14-9-7-12-5-4-10-2-1-3-11-6-8-13(14)16(12)15(10)11;16-12-7-6-11-8-13(10-4-2-1-3-5-10)15(17)18-14(11)9-12;15-14-10-8-13(9-11-14)7-6-12-4-2-1-3-5-12;1-14-12-6-2-10(3-7-12)11-4-8-13(15)9-5-11;13-11-5-1-9(2-6-11)10-3-7-12(14)8-4-10;13-12-8-6-11(7-9-12)10-4-2-1-3-5-10/h2*1-11,19H;1-9,17H;1-9,16H;1-11,15H;2-9,15H;1-8,14H;1-9,13H/b;;;;7-6+;;;. The summed E-state index contributed by atoms with van der Waals surface area (Å²) in [5.41, 5.74) is 10.8. The highest BCUT2D eigenvalue weighted by molar-refractivity contribution is 9.10. The van der Waals surface area contributed by atoms with Gasteiger partial charge in [0.05, 0.1) is 12.1 Å². The van der Waals surface area contributed by atoms with Gasteiger partial charge >= 0.3 is 5.63 Å². The number of rotatable bonds is 6. The number of nitrogens with zero attached hydrogens (tertiary/aromatic N) is 1. The van der Waals surface area contributed by atoms with Crippen LogP contribution < -0.4 is 5.63 Å². The van der Waals surface area contributed by atoms with Gasteiger partial charge in [-0.05, 0) is 234 Å². The van der Waals surface area contributed by atoms with Gasteiger partial charge in [0.2, 0.25) is 0 Å². The Labute approximate surface area is 758 Å². The van der Waals surface area contributed by atoms with Crippen molar-refractivity contribution in [1.82, 2.24) is 0 Å². The minimum Gasteiger partial charge on any atom is -0.508 e. The van der Waals surface area contributed by atoms with Gasteiger partial charge in [-0.25, -0.2) is 9.64 Å². The predicted molar refractivity (Wildman–Crippen MR) is 541 cm³/mol. The Morgan fingerprint density at radius 3 is 1.16 bits per heavy atom. The Morgan fingerprint density at radius 1 is 0.238 bits per heavy atom. The van der Waals surface area contributed by atoms with E-state index < -0.39 is 5.63 Å². The SMILES string of the molecule is O=c1oc2cc(O)ccc2cc1-c1ccccc1.Oc1cc2c3ccccc3ccc2c2ccccc12.Oc1ccc(-c2ccc(Br)cc2)cc1.Oc1ccc(-c2ccccc2)cc1.Oc1ccc(/C=C/c2ccccc2)cc1.Oc1ccc2ccc3ccc4ccccc4c3c2c1.Oc1ccc2ccc3cccc4ccc1c2c34.[C-]#[N+]c1ccc(-c2ccc(O)cc2)cc1. The largest absolute Gasteiger partial charge is 0.508 e. The lowest BCUT2D eigenvalue weighted by molar-refractivity contribution is 0.472. The summed E-state index contributed by atoms with van der Waals surface area (Å²) in [6, 6.07) is 143. The summed E-state index contributed by atoms with van der Waals surface area (Å²) in [5.74, 6) is 2.26. The Balaban J connectivity index is 0.000000109. The van der Waals surface area contributed by atoms with Gasteiger partial charge in [0, 0.05) is 32.1 Å². The first-order valence-corrected chi connectivity index (χ1v) is 42.7. The Hall–Kier alpha value is -17.2. The first kappa shape index (κ1) is 86.3. The Bertz CT molecular complexity index is 7930. The molecule has 0 bridgehead atoms. The van der Waals surface area contributed by atoms with Crippen molar-refractivity contribution >= 4 is 142 Å². The third-order valence-corrected chi connectivity index (χ3v) is 22.7. The zero-order chi connectivity index (χ0) is 89.8. The summed E-state index contributed by atoms with van der Waals surface area (Å²) < 4.78 is 6.28. The average molecular weight is 1760 g/mol. The maximum Gasteiger partial charge on any atom is 0.344 e. The van der Waals surface area contributed by atoms with Crippen LogP contribution in [-0.4, -0.2) is 40.9 Å². The molecule has 22 aromatic carbocycles. The second-order valence-electron chi connectivity index (χ2n) is 30.7. The fourth-order valence-electron chi connectivity index (χ4n) is 15.6. The molecule has 0 aliphatic rings. The van der Waals surface area contributed by atoms with Crippen LogP contribution in [0.25, 0.3) is 169 Å². The van der Waals surface area contributed by atoms with Crippen molar-refractivity contribution in [2.45, 2.75) is 0 Å².